The first kappa shape index (κ1) is 20.3. The maximum Gasteiger partial charge on any atom is 0.257 e. The number of likely N-dealkylation sites (tertiary alicyclic amines) is 2. The molecule has 6 nitrogen and oxygen atoms in total. The number of carbonyl (C=O) groups excluding carboxylic acids is 2. The number of methoxy groups -OCH3 is 1. The Morgan fingerprint density at radius 1 is 0.933 bits per heavy atom. The SMILES string of the molecule is COc1ccccc1C(=O)N1CCC[C@H]1COc1ccc(C(=O)N2CCCC2)cc1. The van der Waals surface area contributed by atoms with Crippen LogP contribution < -0.4 is 9.47 Å². The van der Waals surface area contributed by atoms with Gasteiger partial charge in [-0.15, -0.1) is 0 Å². The molecule has 2 amide bonds. The highest BCUT2D eigenvalue weighted by molar-refractivity contribution is 5.97. The number of carbonyl (C=O) groups is 2. The number of para-hydroxylation sites is 1. The van der Waals surface area contributed by atoms with Gasteiger partial charge in [-0.2, -0.15) is 0 Å². The minimum Gasteiger partial charge on any atom is -0.496 e. The van der Waals surface area contributed by atoms with Gasteiger partial charge in [0.2, 0.25) is 0 Å². The minimum absolute atomic E-state index is 0.0216. The van der Waals surface area contributed by atoms with Gasteiger partial charge in [0.05, 0.1) is 18.7 Å². The summed E-state index contributed by atoms with van der Waals surface area (Å²) in [5.74, 6) is 1.37. The Morgan fingerprint density at radius 2 is 1.67 bits per heavy atom. The van der Waals surface area contributed by atoms with Crippen molar-refractivity contribution >= 4 is 11.8 Å². The second-order valence-corrected chi connectivity index (χ2v) is 7.83. The van der Waals surface area contributed by atoms with Crippen molar-refractivity contribution in [2.24, 2.45) is 0 Å². The highest BCUT2D eigenvalue weighted by atomic mass is 16.5. The quantitative estimate of drug-likeness (QED) is 0.733. The molecule has 0 aliphatic carbocycles. The van der Waals surface area contributed by atoms with Gasteiger partial charge in [-0.05, 0) is 62.1 Å². The molecule has 0 aromatic heterocycles. The Labute approximate surface area is 177 Å². The van der Waals surface area contributed by atoms with Crippen LogP contribution in [0.3, 0.4) is 0 Å². The molecule has 0 radical (unpaired) electrons. The van der Waals surface area contributed by atoms with E-state index in [0.717, 1.165) is 38.8 Å². The molecule has 158 valence electrons. The van der Waals surface area contributed by atoms with E-state index in [1.54, 1.807) is 19.2 Å². The second-order valence-electron chi connectivity index (χ2n) is 7.83. The molecule has 0 N–H and O–H groups in total. The van der Waals surface area contributed by atoms with Gasteiger partial charge in [0.25, 0.3) is 11.8 Å². The summed E-state index contributed by atoms with van der Waals surface area (Å²) in [6.45, 7) is 2.83. The van der Waals surface area contributed by atoms with Crippen LogP contribution in [0.15, 0.2) is 48.5 Å². The number of benzene rings is 2. The fourth-order valence-corrected chi connectivity index (χ4v) is 4.24. The van der Waals surface area contributed by atoms with E-state index in [1.807, 2.05) is 46.2 Å². The number of rotatable bonds is 6. The van der Waals surface area contributed by atoms with E-state index < -0.39 is 0 Å². The van der Waals surface area contributed by atoms with E-state index in [9.17, 15) is 9.59 Å². The third-order valence-corrected chi connectivity index (χ3v) is 5.91. The highest BCUT2D eigenvalue weighted by Gasteiger charge is 2.31. The third kappa shape index (κ3) is 4.27. The molecule has 2 aromatic carbocycles. The molecule has 0 bridgehead atoms. The zero-order chi connectivity index (χ0) is 20.9. The van der Waals surface area contributed by atoms with E-state index >= 15 is 0 Å². The monoisotopic (exact) mass is 408 g/mol. The lowest BCUT2D eigenvalue weighted by Gasteiger charge is -2.25. The molecular formula is C24H28N2O4. The largest absolute Gasteiger partial charge is 0.496 e. The van der Waals surface area contributed by atoms with Crippen molar-refractivity contribution in [2.75, 3.05) is 33.4 Å². The first-order valence-corrected chi connectivity index (χ1v) is 10.6. The number of hydrogen-bond acceptors (Lipinski definition) is 4. The molecule has 2 aliphatic rings. The van der Waals surface area contributed by atoms with Gasteiger partial charge in [0.1, 0.15) is 18.1 Å². The first-order valence-electron chi connectivity index (χ1n) is 10.6. The van der Waals surface area contributed by atoms with Crippen molar-refractivity contribution in [3.8, 4) is 11.5 Å². The molecule has 6 heteroatoms. The van der Waals surface area contributed by atoms with E-state index in [2.05, 4.69) is 0 Å². The number of ether oxygens (including phenoxy) is 2. The fraction of sp³-hybridized carbons (Fsp3) is 0.417. The molecule has 2 fully saturated rings. The van der Waals surface area contributed by atoms with Crippen molar-refractivity contribution in [1.29, 1.82) is 0 Å². The average molecular weight is 408 g/mol. The number of hydrogen-bond donors (Lipinski definition) is 0. The van der Waals surface area contributed by atoms with Gasteiger partial charge in [-0.25, -0.2) is 0 Å². The van der Waals surface area contributed by atoms with Crippen molar-refractivity contribution in [2.45, 2.75) is 31.7 Å². The molecule has 0 saturated carbocycles. The molecule has 1 atom stereocenters. The van der Waals surface area contributed by atoms with E-state index in [4.69, 9.17) is 9.47 Å². The van der Waals surface area contributed by atoms with E-state index in [-0.39, 0.29) is 17.9 Å². The predicted octanol–water partition coefficient (Wildman–Crippen LogP) is 3.61. The van der Waals surface area contributed by atoms with Crippen molar-refractivity contribution < 1.29 is 19.1 Å². The third-order valence-electron chi connectivity index (χ3n) is 5.91. The van der Waals surface area contributed by atoms with Gasteiger partial charge in [0.15, 0.2) is 0 Å². The van der Waals surface area contributed by atoms with E-state index in [0.29, 0.717) is 35.8 Å². The molecule has 30 heavy (non-hydrogen) atoms. The Morgan fingerprint density at radius 3 is 2.40 bits per heavy atom. The molecule has 0 spiro atoms. The van der Waals surface area contributed by atoms with Gasteiger partial charge >= 0.3 is 0 Å². The van der Waals surface area contributed by atoms with Crippen LogP contribution in [0.5, 0.6) is 11.5 Å². The lowest BCUT2D eigenvalue weighted by atomic mass is 10.1. The normalized spacial score (nSPS) is 18.5. The van der Waals surface area contributed by atoms with Gasteiger partial charge in [-0.3, -0.25) is 9.59 Å². The zero-order valence-electron chi connectivity index (χ0n) is 17.4. The van der Waals surface area contributed by atoms with Crippen LogP contribution >= 0.6 is 0 Å². The molecule has 2 aromatic rings. The van der Waals surface area contributed by atoms with Crippen LogP contribution in [-0.2, 0) is 0 Å². The molecular weight excluding hydrogens is 380 g/mol. The summed E-state index contributed by atoms with van der Waals surface area (Å²) in [7, 11) is 1.58. The van der Waals surface area contributed by atoms with E-state index in [1.165, 1.54) is 0 Å². The topological polar surface area (TPSA) is 59.1 Å². The summed E-state index contributed by atoms with van der Waals surface area (Å²) in [5, 5.41) is 0. The predicted molar refractivity (Wildman–Crippen MR) is 114 cm³/mol. The van der Waals surface area contributed by atoms with Crippen LogP contribution in [0.4, 0.5) is 0 Å². The Hall–Kier alpha value is -3.02. The molecule has 4 rings (SSSR count). The Bertz CT molecular complexity index is 890. The van der Waals surface area contributed by atoms with Gasteiger partial charge in [-0.1, -0.05) is 12.1 Å². The standard InChI is InChI=1S/C24H28N2O4/c1-29-22-9-3-2-8-21(22)24(28)26-16-6-7-19(26)17-30-20-12-10-18(11-13-20)23(27)25-14-4-5-15-25/h2-3,8-13,19H,4-7,14-17H2,1H3/t19-/m0/s1. The summed E-state index contributed by atoms with van der Waals surface area (Å²) in [4.78, 5) is 29.3. The number of nitrogens with zero attached hydrogens (tertiary/aromatic N) is 2. The van der Waals surface area contributed by atoms with Crippen LogP contribution in [0.25, 0.3) is 0 Å². The number of amides is 2. The summed E-state index contributed by atoms with van der Waals surface area (Å²) in [6.07, 6.45) is 4.03. The Balaban J connectivity index is 1.37. The van der Waals surface area contributed by atoms with Gasteiger partial charge in [0, 0.05) is 25.2 Å². The maximum absolute atomic E-state index is 13.0. The first-order chi connectivity index (χ1) is 14.7. The molecule has 2 saturated heterocycles. The molecule has 0 unspecified atom stereocenters. The van der Waals surface area contributed by atoms with Crippen LogP contribution in [0.1, 0.15) is 46.4 Å². The van der Waals surface area contributed by atoms with Crippen LogP contribution in [0.2, 0.25) is 0 Å². The minimum atomic E-state index is -0.0230. The van der Waals surface area contributed by atoms with Gasteiger partial charge < -0.3 is 19.3 Å². The summed E-state index contributed by atoms with van der Waals surface area (Å²) >= 11 is 0. The van der Waals surface area contributed by atoms with Crippen molar-refractivity contribution in [1.82, 2.24) is 9.80 Å². The highest BCUT2D eigenvalue weighted by Crippen LogP contribution is 2.26. The van der Waals surface area contributed by atoms with Crippen molar-refractivity contribution in [3.05, 3.63) is 59.7 Å². The van der Waals surface area contributed by atoms with Crippen LogP contribution in [0, 0.1) is 0 Å². The smallest absolute Gasteiger partial charge is 0.257 e. The van der Waals surface area contributed by atoms with Crippen molar-refractivity contribution in [3.63, 3.8) is 0 Å². The molecule has 2 heterocycles. The summed E-state index contributed by atoms with van der Waals surface area (Å²) in [6, 6.07) is 14.7. The average Bonchev–Trinajstić information content (AvgIpc) is 3.49. The maximum atomic E-state index is 13.0. The fourth-order valence-electron chi connectivity index (χ4n) is 4.24. The lowest BCUT2D eigenvalue weighted by molar-refractivity contribution is 0.0687. The summed E-state index contributed by atoms with van der Waals surface area (Å²) in [5.41, 5.74) is 1.27. The zero-order valence-corrected chi connectivity index (χ0v) is 17.4. The lowest BCUT2D eigenvalue weighted by Crippen LogP contribution is -2.39. The molecule has 2 aliphatic heterocycles. The van der Waals surface area contributed by atoms with Crippen LogP contribution in [-0.4, -0.2) is 61.0 Å². The summed E-state index contributed by atoms with van der Waals surface area (Å²) < 4.78 is 11.3. The Kier molecular flexibility index (Phi) is 6.21. The second kappa shape index (κ2) is 9.20.